The highest BCUT2D eigenvalue weighted by atomic mass is 16.5. The summed E-state index contributed by atoms with van der Waals surface area (Å²) in [5.41, 5.74) is 3.88. The number of benzene rings is 2. The molecule has 0 N–H and O–H groups in total. The van der Waals surface area contributed by atoms with Crippen LogP contribution in [0.15, 0.2) is 47.6 Å². The van der Waals surface area contributed by atoms with Crippen molar-refractivity contribution in [1.29, 1.82) is 5.26 Å². The molecule has 0 fully saturated rings. The number of nitrogens with zero attached hydrogens (tertiary/aromatic N) is 2. The van der Waals surface area contributed by atoms with E-state index in [1.54, 1.807) is 12.1 Å². The van der Waals surface area contributed by atoms with Crippen molar-refractivity contribution in [2.45, 2.75) is 39.3 Å². The number of hydrogen-bond donors (Lipinski definition) is 0. The zero-order chi connectivity index (χ0) is 16.8. The van der Waals surface area contributed by atoms with Crippen molar-refractivity contribution in [3.05, 3.63) is 69.6 Å². The lowest BCUT2D eigenvalue weighted by Crippen LogP contribution is -2.03. The van der Waals surface area contributed by atoms with Crippen LogP contribution < -0.4 is 4.74 Å². The molecule has 0 saturated carbocycles. The molecular weight excluding hydrogens is 288 g/mol. The number of ether oxygens (including phenoxy) is 1. The van der Waals surface area contributed by atoms with E-state index >= 15 is 0 Å². The Kier molecular flexibility index (Phi) is 5.48. The molecule has 0 aliphatic heterocycles. The van der Waals surface area contributed by atoms with Crippen LogP contribution in [0.4, 0.5) is 0 Å². The summed E-state index contributed by atoms with van der Waals surface area (Å²) in [7, 11) is 0. The lowest BCUT2D eigenvalue weighted by molar-refractivity contribution is 0.304. The van der Waals surface area contributed by atoms with E-state index in [-0.39, 0.29) is 0 Å². The van der Waals surface area contributed by atoms with Gasteiger partial charge in [0.15, 0.2) is 0 Å². The lowest BCUT2D eigenvalue weighted by atomic mass is 9.98. The zero-order valence-electron chi connectivity index (χ0n) is 13.6. The summed E-state index contributed by atoms with van der Waals surface area (Å²) >= 11 is 0. The third-order valence-electron chi connectivity index (χ3n) is 3.83. The standard InChI is InChI=1S/C19H20N2O2/c1-13(2)17-9-8-16(10-14(17)3)23-12-15-6-4-5-7-18(15)19(11-20)21-22/h4-10,13,19H,12H2,1-3H3. The van der Waals surface area contributed by atoms with Gasteiger partial charge in [0.1, 0.15) is 12.4 Å². The molecule has 0 aliphatic rings. The molecule has 0 radical (unpaired) electrons. The van der Waals surface area contributed by atoms with Crippen molar-refractivity contribution in [3.8, 4) is 11.8 Å². The molecular formula is C19H20N2O2. The Labute approximate surface area is 136 Å². The Hall–Kier alpha value is -2.67. The van der Waals surface area contributed by atoms with Crippen LogP contribution in [0.3, 0.4) is 0 Å². The van der Waals surface area contributed by atoms with Crippen LogP contribution in [-0.2, 0) is 6.61 Å². The Morgan fingerprint density at radius 1 is 1.17 bits per heavy atom. The molecule has 0 heterocycles. The van der Waals surface area contributed by atoms with Crippen LogP contribution in [0.2, 0.25) is 0 Å². The van der Waals surface area contributed by atoms with Gasteiger partial charge in [-0.05, 0) is 46.8 Å². The van der Waals surface area contributed by atoms with Crippen molar-refractivity contribution in [3.63, 3.8) is 0 Å². The third-order valence-corrected chi connectivity index (χ3v) is 3.83. The Morgan fingerprint density at radius 2 is 1.91 bits per heavy atom. The van der Waals surface area contributed by atoms with Crippen LogP contribution in [0.1, 0.15) is 48.1 Å². The Balaban J connectivity index is 2.17. The second-order valence-electron chi connectivity index (χ2n) is 5.80. The quantitative estimate of drug-likeness (QED) is 0.703. The second kappa shape index (κ2) is 7.55. The van der Waals surface area contributed by atoms with Gasteiger partial charge >= 0.3 is 0 Å². The molecule has 0 aromatic heterocycles. The molecule has 4 nitrogen and oxygen atoms in total. The van der Waals surface area contributed by atoms with Gasteiger partial charge in [0.2, 0.25) is 6.04 Å². The fraction of sp³-hybridized carbons (Fsp3) is 0.316. The van der Waals surface area contributed by atoms with Gasteiger partial charge in [-0.25, -0.2) is 0 Å². The van der Waals surface area contributed by atoms with Crippen LogP contribution in [0.5, 0.6) is 5.75 Å². The highest BCUT2D eigenvalue weighted by Gasteiger charge is 2.15. The van der Waals surface area contributed by atoms with Crippen molar-refractivity contribution in [2.75, 3.05) is 0 Å². The maximum Gasteiger partial charge on any atom is 0.203 e. The van der Waals surface area contributed by atoms with E-state index in [4.69, 9.17) is 10.00 Å². The average Bonchev–Trinajstić information content (AvgIpc) is 2.55. The first-order valence-corrected chi connectivity index (χ1v) is 7.60. The SMILES string of the molecule is Cc1cc(OCc2ccccc2C(C#N)N=O)ccc1C(C)C. The summed E-state index contributed by atoms with van der Waals surface area (Å²) in [6.45, 7) is 6.68. The van der Waals surface area contributed by atoms with Gasteiger partial charge < -0.3 is 4.74 Å². The fourth-order valence-electron chi connectivity index (χ4n) is 2.63. The average molecular weight is 308 g/mol. The number of hydrogen-bond acceptors (Lipinski definition) is 4. The first-order chi connectivity index (χ1) is 11.1. The summed E-state index contributed by atoms with van der Waals surface area (Å²) < 4.78 is 5.83. The molecule has 2 aromatic rings. The van der Waals surface area contributed by atoms with E-state index in [9.17, 15) is 4.91 Å². The molecule has 0 bridgehead atoms. The fourth-order valence-corrected chi connectivity index (χ4v) is 2.63. The molecule has 0 saturated heterocycles. The number of rotatable bonds is 6. The predicted molar refractivity (Wildman–Crippen MR) is 90.2 cm³/mol. The summed E-state index contributed by atoms with van der Waals surface area (Å²) in [6, 6.07) is 14.2. The number of nitriles is 1. The van der Waals surface area contributed by atoms with Crippen molar-refractivity contribution in [2.24, 2.45) is 5.18 Å². The summed E-state index contributed by atoms with van der Waals surface area (Å²) in [5.74, 6) is 1.24. The summed E-state index contributed by atoms with van der Waals surface area (Å²) in [5, 5.41) is 11.9. The van der Waals surface area contributed by atoms with Gasteiger partial charge in [-0.15, -0.1) is 4.91 Å². The lowest BCUT2D eigenvalue weighted by Gasteiger charge is -2.14. The zero-order valence-corrected chi connectivity index (χ0v) is 13.6. The van der Waals surface area contributed by atoms with E-state index in [0.717, 1.165) is 11.3 Å². The van der Waals surface area contributed by atoms with E-state index in [2.05, 4.69) is 32.0 Å². The van der Waals surface area contributed by atoms with Crippen molar-refractivity contribution >= 4 is 0 Å². The van der Waals surface area contributed by atoms with E-state index in [1.807, 2.05) is 30.3 Å². The van der Waals surface area contributed by atoms with E-state index < -0.39 is 6.04 Å². The van der Waals surface area contributed by atoms with Crippen LogP contribution >= 0.6 is 0 Å². The minimum absolute atomic E-state index is 0.296. The van der Waals surface area contributed by atoms with Gasteiger partial charge in [0.05, 0.1) is 6.07 Å². The second-order valence-corrected chi connectivity index (χ2v) is 5.80. The third kappa shape index (κ3) is 3.95. The molecule has 4 heteroatoms. The highest BCUT2D eigenvalue weighted by Crippen LogP contribution is 2.26. The first kappa shape index (κ1) is 16.7. The largest absolute Gasteiger partial charge is 0.489 e. The predicted octanol–water partition coefficient (Wildman–Crippen LogP) is 5.03. The molecule has 23 heavy (non-hydrogen) atoms. The number of nitroso groups, excluding NO2 is 1. The first-order valence-electron chi connectivity index (χ1n) is 7.60. The maximum atomic E-state index is 10.8. The van der Waals surface area contributed by atoms with E-state index in [1.165, 1.54) is 11.1 Å². The molecule has 2 aromatic carbocycles. The molecule has 1 unspecified atom stereocenters. The molecule has 0 spiro atoms. The van der Waals surface area contributed by atoms with Crippen LogP contribution in [-0.4, -0.2) is 0 Å². The van der Waals surface area contributed by atoms with Gasteiger partial charge in [-0.3, -0.25) is 0 Å². The molecule has 118 valence electrons. The molecule has 0 amide bonds. The van der Waals surface area contributed by atoms with Crippen LogP contribution in [0, 0.1) is 23.2 Å². The van der Waals surface area contributed by atoms with Crippen molar-refractivity contribution in [1.82, 2.24) is 0 Å². The van der Waals surface area contributed by atoms with Gasteiger partial charge in [0.25, 0.3) is 0 Å². The van der Waals surface area contributed by atoms with Crippen molar-refractivity contribution < 1.29 is 4.74 Å². The summed E-state index contributed by atoms with van der Waals surface area (Å²) in [4.78, 5) is 10.8. The monoisotopic (exact) mass is 308 g/mol. The minimum atomic E-state index is -1.00. The molecule has 2 rings (SSSR count). The minimum Gasteiger partial charge on any atom is -0.489 e. The van der Waals surface area contributed by atoms with E-state index in [0.29, 0.717) is 18.1 Å². The molecule has 0 aliphatic carbocycles. The Bertz CT molecular complexity index is 732. The Morgan fingerprint density at radius 3 is 2.52 bits per heavy atom. The molecule has 1 atom stereocenters. The van der Waals surface area contributed by atoms with Gasteiger partial charge in [-0.1, -0.05) is 44.2 Å². The topological polar surface area (TPSA) is 62.4 Å². The van der Waals surface area contributed by atoms with Crippen LogP contribution in [0.25, 0.3) is 0 Å². The highest BCUT2D eigenvalue weighted by molar-refractivity contribution is 5.37. The smallest absolute Gasteiger partial charge is 0.203 e. The van der Waals surface area contributed by atoms with Gasteiger partial charge in [0, 0.05) is 5.56 Å². The normalized spacial score (nSPS) is 11.8. The maximum absolute atomic E-state index is 10.8. The van der Waals surface area contributed by atoms with Gasteiger partial charge in [-0.2, -0.15) is 5.26 Å². The summed E-state index contributed by atoms with van der Waals surface area (Å²) in [6.07, 6.45) is 0. The number of aryl methyl sites for hydroxylation is 1.